The van der Waals surface area contributed by atoms with Crippen LogP contribution in [-0.2, 0) is 9.63 Å². The summed E-state index contributed by atoms with van der Waals surface area (Å²) in [4.78, 5) is 17.1. The maximum atomic E-state index is 12.1. The molecule has 0 aliphatic heterocycles. The Labute approximate surface area is 164 Å². The molecule has 0 heterocycles. The fourth-order valence-corrected chi connectivity index (χ4v) is 2.21. The standard InChI is InChI=1S/C20H25N3O5/c1-3-25-16-10-11-18(26-4-2)17(12-16)22-20(24)14-28-23-19(21)13-27-15-8-6-5-7-9-15/h5-12H,3-4,13-14H2,1-2H3,(H2,21,23)(H,22,24). The third-order valence-electron chi connectivity index (χ3n) is 3.34. The monoisotopic (exact) mass is 387 g/mol. The van der Waals surface area contributed by atoms with E-state index in [1.165, 1.54) is 0 Å². The van der Waals surface area contributed by atoms with E-state index in [2.05, 4.69) is 10.5 Å². The number of hydrogen-bond acceptors (Lipinski definition) is 6. The van der Waals surface area contributed by atoms with E-state index in [1.54, 1.807) is 30.3 Å². The Morgan fingerprint density at radius 3 is 2.43 bits per heavy atom. The Hall–Kier alpha value is -3.42. The zero-order chi connectivity index (χ0) is 20.2. The SMILES string of the molecule is CCOc1ccc(OCC)c(NC(=O)CO/N=C(/N)COc2ccccc2)c1. The number of carbonyl (C=O) groups is 1. The minimum absolute atomic E-state index is 0.0521. The van der Waals surface area contributed by atoms with Gasteiger partial charge in [-0.2, -0.15) is 0 Å². The molecule has 1 amide bonds. The van der Waals surface area contributed by atoms with Crippen molar-refractivity contribution >= 4 is 17.4 Å². The molecule has 0 aliphatic carbocycles. The molecule has 0 radical (unpaired) electrons. The first-order chi connectivity index (χ1) is 13.6. The Morgan fingerprint density at radius 1 is 0.964 bits per heavy atom. The molecule has 0 aliphatic rings. The van der Waals surface area contributed by atoms with Gasteiger partial charge in [-0.25, -0.2) is 0 Å². The Morgan fingerprint density at radius 2 is 1.71 bits per heavy atom. The van der Waals surface area contributed by atoms with Gasteiger partial charge in [0, 0.05) is 6.07 Å². The number of nitrogens with one attached hydrogen (secondary N) is 1. The van der Waals surface area contributed by atoms with Crippen LogP contribution >= 0.6 is 0 Å². The molecule has 0 unspecified atom stereocenters. The van der Waals surface area contributed by atoms with Gasteiger partial charge in [-0.3, -0.25) is 4.79 Å². The van der Waals surface area contributed by atoms with E-state index in [0.717, 1.165) is 0 Å². The third kappa shape index (κ3) is 7.06. The molecular formula is C20H25N3O5. The summed E-state index contributed by atoms with van der Waals surface area (Å²) in [6, 6.07) is 14.4. The number of benzene rings is 2. The molecular weight excluding hydrogens is 362 g/mol. The molecule has 0 spiro atoms. The highest BCUT2D eigenvalue weighted by molar-refractivity contribution is 5.93. The first kappa shape index (κ1) is 20.9. The molecule has 2 aromatic rings. The van der Waals surface area contributed by atoms with Gasteiger partial charge in [-0.05, 0) is 38.1 Å². The molecule has 3 N–H and O–H groups in total. The van der Waals surface area contributed by atoms with Crippen LogP contribution in [-0.4, -0.2) is 38.2 Å². The van der Waals surface area contributed by atoms with E-state index < -0.39 is 5.91 Å². The van der Waals surface area contributed by atoms with Gasteiger partial charge in [0.1, 0.15) is 23.9 Å². The maximum absolute atomic E-state index is 12.1. The number of amides is 1. The molecule has 2 rings (SSSR count). The Balaban J connectivity index is 1.85. The van der Waals surface area contributed by atoms with Crippen LogP contribution in [0.25, 0.3) is 0 Å². The number of hydrogen-bond donors (Lipinski definition) is 2. The number of para-hydroxylation sites is 1. The zero-order valence-electron chi connectivity index (χ0n) is 16.0. The van der Waals surface area contributed by atoms with Gasteiger partial charge in [0.25, 0.3) is 5.91 Å². The smallest absolute Gasteiger partial charge is 0.265 e. The van der Waals surface area contributed by atoms with Crippen LogP contribution in [0, 0.1) is 0 Å². The van der Waals surface area contributed by atoms with Crippen LogP contribution in [0.4, 0.5) is 5.69 Å². The molecule has 8 heteroatoms. The Kier molecular flexibility index (Phi) is 8.45. The second-order valence-corrected chi connectivity index (χ2v) is 5.53. The van der Waals surface area contributed by atoms with Crippen LogP contribution in [0.3, 0.4) is 0 Å². The number of nitrogens with two attached hydrogens (primary N) is 1. The largest absolute Gasteiger partial charge is 0.494 e. The van der Waals surface area contributed by atoms with Crippen LogP contribution < -0.4 is 25.3 Å². The van der Waals surface area contributed by atoms with Crippen LogP contribution in [0.2, 0.25) is 0 Å². The van der Waals surface area contributed by atoms with Crippen molar-refractivity contribution in [2.45, 2.75) is 13.8 Å². The number of ether oxygens (including phenoxy) is 3. The molecule has 8 nitrogen and oxygen atoms in total. The van der Waals surface area contributed by atoms with Gasteiger partial charge in [0.2, 0.25) is 0 Å². The second-order valence-electron chi connectivity index (χ2n) is 5.53. The highest BCUT2D eigenvalue weighted by Crippen LogP contribution is 2.29. The van der Waals surface area contributed by atoms with Crippen molar-refractivity contribution in [2.75, 3.05) is 31.7 Å². The van der Waals surface area contributed by atoms with Gasteiger partial charge in [0.15, 0.2) is 12.4 Å². The second kappa shape index (κ2) is 11.3. The van der Waals surface area contributed by atoms with E-state index >= 15 is 0 Å². The average Bonchev–Trinajstić information content (AvgIpc) is 2.69. The minimum Gasteiger partial charge on any atom is -0.494 e. The summed E-state index contributed by atoms with van der Waals surface area (Å²) in [7, 11) is 0. The topological polar surface area (TPSA) is 104 Å². The molecule has 0 bridgehead atoms. The molecule has 28 heavy (non-hydrogen) atoms. The summed E-state index contributed by atoms with van der Waals surface area (Å²) in [6.45, 7) is 4.47. The summed E-state index contributed by atoms with van der Waals surface area (Å²) in [5.41, 5.74) is 6.20. The number of rotatable bonds is 11. The lowest BCUT2D eigenvalue weighted by atomic mass is 10.2. The summed E-state index contributed by atoms with van der Waals surface area (Å²) in [5, 5.41) is 6.39. The summed E-state index contributed by atoms with van der Waals surface area (Å²) < 4.78 is 16.4. The molecule has 0 saturated carbocycles. The summed E-state index contributed by atoms with van der Waals surface area (Å²) in [5.74, 6) is 1.54. The normalized spacial score (nSPS) is 10.9. The van der Waals surface area contributed by atoms with Crippen molar-refractivity contribution in [2.24, 2.45) is 10.9 Å². The molecule has 0 atom stereocenters. The minimum atomic E-state index is -0.407. The van der Waals surface area contributed by atoms with E-state index in [-0.39, 0.29) is 19.0 Å². The van der Waals surface area contributed by atoms with Crippen molar-refractivity contribution < 1.29 is 23.8 Å². The summed E-state index contributed by atoms with van der Waals surface area (Å²) in [6.07, 6.45) is 0. The van der Waals surface area contributed by atoms with Gasteiger partial charge in [0.05, 0.1) is 18.9 Å². The van der Waals surface area contributed by atoms with Gasteiger partial charge in [-0.15, -0.1) is 0 Å². The van der Waals surface area contributed by atoms with Crippen molar-refractivity contribution in [3.63, 3.8) is 0 Å². The van der Waals surface area contributed by atoms with Gasteiger partial charge >= 0.3 is 0 Å². The first-order valence-electron chi connectivity index (χ1n) is 8.94. The van der Waals surface area contributed by atoms with Crippen LogP contribution in [0.5, 0.6) is 17.2 Å². The predicted molar refractivity (Wildman–Crippen MR) is 107 cm³/mol. The fourth-order valence-electron chi connectivity index (χ4n) is 2.21. The number of nitrogens with zero attached hydrogens (tertiary/aromatic N) is 1. The van der Waals surface area contributed by atoms with Gasteiger partial charge in [-0.1, -0.05) is 23.4 Å². The molecule has 0 fully saturated rings. The Bertz CT molecular complexity index is 781. The van der Waals surface area contributed by atoms with Crippen molar-refractivity contribution in [1.82, 2.24) is 0 Å². The molecule has 0 aromatic heterocycles. The third-order valence-corrected chi connectivity index (χ3v) is 3.34. The lowest BCUT2D eigenvalue weighted by Crippen LogP contribution is -2.23. The highest BCUT2D eigenvalue weighted by atomic mass is 16.6. The van der Waals surface area contributed by atoms with Gasteiger partial charge < -0.3 is 30.1 Å². The number of carbonyl (C=O) groups excluding carboxylic acids is 1. The van der Waals surface area contributed by atoms with Crippen molar-refractivity contribution in [1.29, 1.82) is 0 Å². The van der Waals surface area contributed by atoms with Crippen LogP contribution in [0.15, 0.2) is 53.7 Å². The summed E-state index contributed by atoms with van der Waals surface area (Å²) >= 11 is 0. The molecule has 150 valence electrons. The number of anilines is 1. The average molecular weight is 387 g/mol. The van der Waals surface area contributed by atoms with E-state index in [0.29, 0.717) is 36.1 Å². The lowest BCUT2D eigenvalue weighted by molar-refractivity contribution is -0.120. The fraction of sp³-hybridized carbons (Fsp3) is 0.300. The lowest BCUT2D eigenvalue weighted by Gasteiger charge is -2.13. The van der Waals surface area contributed by atoms with E-state index in [9.17, 15) is 4.79 Å². The van der Waals surface area contributed by atoms with Crippen LogP contribution in [0.1, 0.15) is 13.8 Å². The molecule has 0 saturated heterocycles. The predicted octanol–water partition coefficient (Wildman–Crippen LogP) is 2.79. The van der Waals surface area contributed by atoms with E-state index in [1.807, 2.05) is 32.0 Å². The number of oxime groups is 1. The molecule has 2 aromatic carbocycles. The highest BCUT2D eigenvalue weighted by Gasteiger charge is 2.10. The number of amidine groups is 1. The zero-order valence-corrected chi connectivity index (χ0v) is 16.0. The van der Waals surface area contributed by atoms with Crippen molar-refractivity contribution in [3.05, 3.63) is 48.5 Å². The first-order valence-corrected chi connectivity index (χ1v) is 8.94. The maximum Gasteiger partial charge on any atom is 0.265 e. The van der Waals surface area contributed by atoms with E-state index in [4.69, 9.17) is 24.8 Å². The quantitative estimate of drug-likeness (QED) is 0.349. The van der Waals surface area contributed by atoms with Crippen molar-refractivity contribution in [3.8, 4) is 17.2 Å².